The summed E-state index contributed by atoms with van der Waals surface area (Å²) in [6.45, 7) is 4.08. The molecule has 0 radical (unpaired) electrons. The fourth-order valence-corrected chi connectivity index (χ4v) is 1.81. The van der Waals surface area contributed by atoms with E-state index < -0.39 is 0 Å². The maximum atomic E-state index is 10.8. The van der Waals surface area contributed by atoms with Crippen molar-refractivity contribution < 1.29 is 14.3 Å². The molecule has 17 heavy (non-hydrogen) atoms. The van der Waals surface area contributed by atoms with Crippen LogP contribution in [-0.2, 0) is 11.2 Å². The molecule has 0 bridgehead atoms. The van der Waals surface area contributed by atoms with Crippen LogP contribution < -0.4 is 14.8 Å². The molecule has 1 N–H and O–H groups in total. The SMILES string of the molecule is COc1ccc(CCNC(C)=O)c(OC)c1C. The molecule has 0 heterocycles. The van der Waals surface area contributed by atoms with Gasteiger partial charge in [0.25, 0.3) is 0 Å². The Morgan fingerprint density at radius 1 is 1.29 bits per heavy atom. The fourth-order valence-electron chi connectivity index (χ4n) is 1.81. The summed E-state index contributed by atoms with van der Waals surface area (Å²) in [4.78, 5) is 10.8. The molecule has 1 rings (SSSR count). The van der Waals surface area contributed by atoms with Gasteiger partial charge in [-0.05, 0) is 25.0 Å². The van der Waals surface area contributed by atoms with E-state index in [1.807, 2.05) is 19.1 Å². The molecule has 4 heteroatoms. The van der Waals surface area contributed by atoms with Crippen molar-refractivity contribution >= 4 is 5.91 Å². The van der Waals surface area contributed by atoms with Crippen LogP contribution in [0.25, 0.3) is 0 Å². The monoisotopic (exact) mass is 237 g/mol. The minimum absolute atomic E-state index is 0.0193. The van der Waals surface area contributed by atoms with Crippen LogP contribution in [0, 0.1) is 6.92 Å². The normalized spacial score (nSPS) is 9.88. The van der Waals surface area contributed by atoms with Crippen LogP contribution in [0.3, 0.4) is 0 Å². The fraction of sp³-hybridized carbons (Fsp3) is 0.462. The van der Waals surface area contributed by atoms with Crippen molar-refractivity contribution in [2.24, 2.45) is 0 Å². The Kier molecular flexibility index (Phi) is 4.82. The highest BCUT2D eigenvalue weighted by Crippen LogP contribution is 2.31. The first-order valence-corrected chi connectivity index (χ1v) is 5.55. The Morgan fingerprint density at radius 2 is 2.00 bits per heavy atom. The summed E-state index contributed by atoms with van der Waals surface area (Å²) in [5.74, 6) is 1.62. The van der Waals surface area contributed by atoms with E-state index in [0.29, 0.717) is 6.54 Å². The summed E-state index contributed by atoms with van der Waals surface area (Å²) in [5, 5.41) is 2.77. The molecule has 0 fully saturated rings. The largest absolute Gasteiger partial charge is 0.496 e. The molecule has 0 aliphatic heterocycles. The van der Waals surface area contributed by atoms with E-state index in [2.05, 4.69) is 5.32 Å². The van der Waals surface area contributed by atoms with Gasteiger partial charge in [0.1, 0.15) is 11.5 Å². The lowest BCUT2D eigenvalue weighted by molar-refractivity contribution is -0.118. The van der Waals surface area contributed by atoms with Gasteiger partial charge >= 0.3 is 0 Å². The first-order valence-electron chi connectivity index (χ1n) is 5.55. The standard InChI is InChI=1S/C13H19NO3/c1-9-12(16-3)6-5-11(13(9)17-4)7-8-14-10(2)15/h5-6H,7-8H2,1-4H3,(H,14,15). The maximum Gasteiger partial charge on any atom is 0.216 e. The molecule has 0 aliphatic carbocycles. The lowest BCUT2D eigenvalue weighted by Crippen LogP contribution is -2.22. The van der Waals surface area contributed by atoms with Gasteiger partial charge in [-0.3, -0.25) is 4.79 Å². The summed E-state index contributed by atoms with van der Waals surface area (Å²) in [7, 11) is 3.28. The summed E-state index contributed by atoms with van der Waals surface area (Å²) < 4.78 is 10.6. The zero-order valence-electron chi connectivity index (χ0n) is 10.8. The molecule has 1 amide bonds. The Balaban J connectivity index is 2.85. The van der Waals surface area contributed by atoms with Gasteiger partial charge in [-0.15, -0.1) is 0 Å². The van der Waals surface area contributed by atoms with Crippen LogP contribution in [0.1, 0.15) is 18.1 Å². The molecule has 94 valence electrons. The van der Waals surface area contributed by atoms with Crippen LogP contribution in [0.5, 0.6) is 11.5 Å². The molecule has 1 aromatic carbocycles. The lowest BCUT2D eigenvalue weighted by atomic mass is 10.1. The first-order chi connectivity index (χ1) is 8.10. The van der Waals surface area contributed by atoms with Crippen LogP contribution in [0.2, 0.25) is 0 Å². The Morgan fingerprint density at radius 3 is 2.53 bits per heavy atom. The van der Waals surface area contributed by atoms with Gasteiger partial charge in [-0.25, -0.2) is 0 Å². The number of hydrogen-bond acceptors (Lipinski definition) is 3. The molecule has 0 atom stereocenters. The number of carbonyl (C=O) groups excluding carboxylic acids is 1. The van der Waals surface area contributed by atoms with Crippen molar-refractivity contribution in [1.82, 2.24) is 5.32 Å². The Labute approximate surface area is 102 Å². The topological polar surface area (TPSA) is 47.6 Å². The van der Waals surface area contributed by atoms with Crippen molar-refractivity contribution in [2.45, 2.75) is 20.3 Å². The molecule has 0 unspecified atom stereocenters. The summed E-state index contributed by atoms with van der Waals surface area (Å²) >= 11 is 0. The quantitative estimate of drug-likeness (QED) is 0.847. The lowest BCUT2D eigenvalue weighted by Gasteiger charge is -2.14. The Hall–Kier alpha value is -1.71. The van der Waals surface area contributed by atoms with Gasteiger partial charge in [0.15, 0.2) is 0 Å². The summed E-state index contributed by atoms with van der Waals surface area (Å²) in [6, 6.07) is 3.88. The number of nitrogens with one attached hydrogen (secondary N) is 1. The summed E-state index contributed by atoms with van der Waals surface area (Å²) in [5.41, 5.74) is 2.05. The third-order valence-corrected chi connectivity index (χ3v) is 2.63. The van der Waals surface area contributed by atoms with Crippen molar-refractivity contribution in [3.8, 4) is 11.5 Å². The second-order valence-corrected chi connectivity index (χ2v) is 3.82. The van der Waals surface area contributed by atoms with Gasteiger partial charge in [0, 0.05) is 19.0 Å². The number of rotatable bonds is 5. The van der Waals surface area contributed by atoms with Crippen molar-refractivity contribution in [3.05, 3.63) is 23.3 Å². The van der Waals surface area contributed by atoms with Crippen LogP contribution >= 0.6 is 0 Å². The van der Waals surface area contributed by atoms with Gasteiger partial charge < -0.3 is 14.8 Å². The molecule has 1 aromatic rings. The number of carbonyl (C=O) groups is 1. The van der Waals surface area contributed by atoms with Crippen molar-refractivity contribution in [1.29, 1.82) is 0 Å². The Bertz CT molecular complexity index is 402. The molecule has 0 spiro atoms. The van der Waals surface area contributed by atoms with E-state index in [9.17, 15) is 4.79 Å². The van der Waals surface area contributed by atoms with Gasteiger partial charge in [-0.1, -0.05) is 6.07 Å². The highest BCUT2D eigenvalue weighted by Gasteiger charge is 2.10. The molecular weight excluding hydrogens is 218 g/mol. The van der Waals surface area contributed by atoms with E-state index in [-0.39, 0.29) is 5.91 Å². The number of benzene rings is 1. The van der Waals surface area contributed by atoms with Gasteiger partial charge in [0.2, 0.25) is 5.91 Å². The average molecular weight is 237 g/mol. The highest BCUT2D eigenvalue weighted by atomic mass is 16.5. The van der Waals surface area contributed by atoms with Crippen molar-refractivity contribution in [3.63, 3.8) is 0 Å². The zero-order chi connectivity index (χ0) is 12.8. The van der Waals surface area contributed by atoms with Gasteiger partial charge in [-0.2, -0.15) is 0 Å². The zero-order valence-corrected chi connectivity index (χ0v) is 10.8. The molecule has 0 saturated heterocycles. The van der Waals surface area contributed by atoms with Crippen LogP contribution in [0.15, 0.2) is 12.1 Å². The van der Waals surface area contributed by atoms with Gasteiger partial charge in [0.05, 0.1) is 14.2 Å². The number of ether oxygens (including phenoxy) is 2. The number of amides is 1. The number of methoxy groups -OCH3 is 2. The van der Waals surface area contributed by atoms with Crippen molar-refractivity contribution in [2.75, 3.05) is 20.8 Å². The molecule has 0 aromatic heterocycles. The number of hydrogen-bond donors (Lipinski definition) is 1. The van der Waals surface area contributed by atoms with Crippen LogP contribution in [0.4, 0.5) is 0 Å². The maximum absolute atomic E-state index is 10.8. The van der Waals surface area contributed by atoms with E-state index >= 15 is 0 Å². The van der Waals surface area contributed by atoms with E-state index in [0.717, 1.165) is 29.0 Å². The first kappa shape index (κ1) is 13.4. The highest BCUT2D eigenvalue weighted by molar-refractivity contribution is 5.72. The second kappa shape index (κ2) is 6.13. The third-order valence-electron chi connectivity index (χ3n) is 2.63. The molecule has 4 nitrogen and oxygen atoms in total. The van der Waals surface area contributed by atoms with E-state index in [1.54, 1.807) is 14.2 Å². The third kappa shape index (κ3) is 3.37. The molecule has 0 aliphatic rings. The average Bonchev–Trinajstić information content (AvgIpc) is 2.29. The minimum atomic E-state index is -0.0193. The summed E-state index contributed by atoms with van der Waals surface area (Å²) in [6.07, 6.45) is 0.744. The predicted molar refractivity (Wildman–Crippen MR) is 66.7 cm³/mol. The molecular formula is C13H19NO3. The second-order valence-electron chi connectivity index (χ2n) is 3.82. The predicted octanol–water partition coefficient (Wildman–Crippen LogP) is 1.69. The molecule has 0 saturated carbocycles. The smallest absolute Gasteiger partial charge is 0.216 e. The van der Waals surface area contributed by atoms with E-state index in [4.69, 9.17) is 9.47 Å². The van der Waals surface area contributed by atoms with Crippen LogP contribution in [-0.4, -0.2) is 26.7 Å². The minimum Gasteiger partial charge on any atom is -0.496 e. The van der Waals surface area contributed by atoms with E-state index in [1.165, 1.54) is 6.92 Å².